The van der Waals surface area contributed by atoms with Gasteiger partial charge < -0.3 is 10.0 Å². The van der Waals surface area contributed by atoms with E-state index in [0.29, 0.717) is 19.6 Å². The quantitative estimate of drug-likeness (QED) is 0.763. The zero-order valence-electron chi connectivity index (χ0n) is 12.0. The molecule has 1 unspecified atom stereocenters. The molecule has 1 atom stereocenters. The second kappa shape index (κ2) is 5.72. The molecule has 122 valence electrons. The molecule has 2 aliphatic heterocycles. The maximum absolute atomic E-state index is 12.4. The highest BCUT2D eigenvalue weighted by atomic mass is 32.2. The molecule has 3 rings (SSSR count). The number of carbonyl (C=O) groups is 1. The number of hydrogen-bond acceptors (Lipinski definition) is 7. The van der Waals surface area contributed by atoms with Gasteiger partial charge in [-0.15, -0.1) is 10.2 Å². The zero-order chi connectivity index (χ0) is 15.9. The molecular formula is C11H17N5O4S2. The van der Waals surface area contributed by atoms with Crippen molar-refractivity contribution in [2.45, 2.75) is 30.3 Å². The standard InChI is InChI=1S/C11H17N5O4S2/c1-2-14-7-8(17)16(11(14)18)9-12-13-10(21-9)22(19,20)15-5-3-4-6-15/h8,17H,2-7H2,1H3. The fourth-order valence-corrected chi connectivity index (χ4v) is 5.24. The number of aliphatic hydroxyl groups excluding tert-OH is 1. The summed E-state index contributed by atoms with van der Waals surface area (Å²) in [5.74, 6) is 0. The van der Waals surface area contributed by atoms with Crippen molar-refractivity contribution >= 4 is 32.5 Å². The van der Waals surface area contributed by atoms with Crippen LogP contribution in [0.15, 0.2) is 4.34 Å². The number of carbonyl (C=O) groups excluding carboxylic acids is 1. The molecule has 2 aliphatic rings. The van der Waals surface area contributed by atoms with Crippen molar-refractivity contribution in [3.63, 3.8) is 0 Å². The lowest BCUT2D eigenvalue weighted by molar-refractivity contribution is 0.178. The molecule has 9 nitrogen and oxygen atoms in total. The van der Waals surface area contributed by atoms with Crippen molar-refractivity contribution < 1.29 is 18.3 Å². The SMILES string of the molecule is CCN1CC(O)N(c2nnc(S(=O)(=O)N3CCCC3)s2)C1=O. The van der Waals surface area contributed by atoms with E-state index < -0.39 is 22.3 Å². The van der Waals surface area contributed by atoms with Gasteiger partial charge >= 0.3 is 6.03 Å². The molecule has 0 saturated carbocycles. The zero-order valence-corrected chi connectivity index (χ0v) is 13.7. The lowest BCUT2D eigenvalue weighted by atomic mass is 10.4. The molecule has 2 fully saturated rings. The number of aromatic nitrogens is 2. The molecule has 0 bridgehead atoms. The Morgan fingerprint density at radius 3 is 2.59 bits per heavy atom. The summed E-state index contributed by atoms with van der Waals surface area (Å²) in [6, 6.07) is -0.392. The number of anilines is 1. The van der Waals surface area contributed by atoms with Gasteiger partial charge in [0.25, 0.3) is 10.0 Å². The van der Waals surface area contributed by atoms with Gasteiger partial charge in [0.05, 0.1) is 6.54 Å². The van der Waals surface area contributed by atoms with Crippen LogP contribution in [0.3, 0.4) is 0 Å². The van der Waals surface area contributed by atoms with Gasteiger partial charge in [0.1, 0.15) is 0 Å². The molecular weight excluding hydrogens is 330 g/mol. The Bertz CT molecular complexity index is 670. The second-order valence-electron chi connectivity index (χ2n) is 5.13. The monoisotopic (exact) mass is 347 g/mol. The van der Waals surface area contributed by atoms with Gasteiger partial charge in [-0.2, -0.15) is 4.31 Å². The first kappa shape index (κ1) is 15.6. The van der Waals surface area contributed by atoms with Crippen molar-refractivity contribution in [1.82, 2.24) is 19.4 Å². The summed E-state index contributed by atoms with van der Waals surface area (Å²) in [6.07, 6.45) is 0.627. The number of hydrogen-bond donors (Lipinski definition) is 1. The smallest absolute Gasteiger partial charge is 0.328 e. The molecule has 22 heavy (non-hydrogen) atoms. The minimum Gasteiger partial charge on any atom is -0.371 e. The summed E-state index contributed by atoms with van der Waals surface area (Å²) in [5.41, 5.74) is 0. The molecule has 1 aromatic heterocycles. The van der Waals surface area contributed by atoms with Gasteiger partial charge in [0.15, 0.2) is 6.23 Å². The summed E-state index contributed by atoms with van der Waals surface area (Å²) >= 11 is 0.811. The number of likely N-dealkylation sites (N-methyl/N-ethyl adjacent to an activating group) is 1. The van der Waals surface area contributed by atoms with Crippen LogP contribution in [0.2, 0.25) is 0 Å². The van der Waals surface area contributed by atoms with Crippen molar-refractivity contribution in [1.29, 1.82) is 0 Å². The fourth-order valence-electron chi connectivity index (χ4n) is 2.55. The van der Waals surface area contributed by atoms with E-state index in [4.69, 9.17) is 0 Å². The first-order chi connectivity index (χ1) is 10.4. The van der Waals surface area contributed by atoms with Gasteiger partial charge in [0, 0.05) is 19.6 Å². The first-order valence-corrected chi connectivity index (χ1v) is 9.30. The Kier molecular flexibility index (Phi) is 4.05. The van der Waals surface area contributed by atoms with E-state index >= 15 is 0 Å². The third kappa shape index (κ3) is 2.47. The molecule has 1 N–H and O–H groups in total. The van der Waals surface area contributed by atoms with E-state index in [2.05, 4.69) is 10.2 Å². The second-order valence-corrected chi connectivity index (χ2v) is 8.20. The van der Waals surface area contributed by atoms with E-state index in [0.717, 1.165) is 29.1 Å². The Morgan fingerprint density at radius 1 is 1.32 bits per heavy atom. The van der Waals surface area contributed by atoms with E-state index in [9.17, 15) is 18.3 Å². The van der Waals surface area contributed by atoms with Crippen molar-refractivity contribution in [3.8, 4) is 0 Å². The number of β-amino-alcohol motifs (C(OH)–C–C–N with tert-alkyl or cyclic N) is 1. The highest BCUT2D eigenvalue weighted by Gasteiger charge is 2.39. The predicted molar refractivity (Wildman–Crippen MR) is 79.0 cm³/mol. The molecule has 1 aromatic rings. The summed E-state index contributed by atoms with van der Waals surface area (Å²) in [5, 5.41) is 17.6. The summed E-state index contributed by atoms with van der Waals surface area (Å²) in [7, 11) is -3.66. The number of urea groups is 1. The van der Waals surface area contributed by atoms with Gasteiger partial charge in [-0.3, -0.25) is 0 Å². The Balaban J connectivity index is 1.86. The van der Waals surface area contributed by atoms with Crippen molar-refractivity contribution in [2.24, 2.45) is 0 Å². The lowest BCUT2D eigenvalue weighted by Gasteiger charge is -2.15. The summed E-state index contributed by atoms with van der Waals surface area (Å²) in [6.45, 7) is 3.39. The van der Waals surface area contributed by atoms with Gasteiger partial charge in [-0.05, 0) is 19.8 Å². The van der Waals surface area contributed by atoms with Gasteiger partial charge in [-0.25, -0.2) is 18.1 Å². The van der Waals surface area contributed by atoms with Crippen LogP contribution < -0.4 is 4.90 Å². The number of aliphatic hydroxyl groups is 1. The molecule has 0 aromatic carbocycles. The van der Waals surface area contributed by atoms with Crippen LogP contribution in [0.25, 0.3) is 0 Å². The molecule has 2 saturated heterocycles. The molecule has 3 heterocycles. The highest BCUT2D eigenvalue weighted by molar-refractivity contribution is 7.91. The molecule has 0 spiro atoms. The maximum Gasteiger partial charge on any atom is 0.328 e. The lowest BCUT2D eigenvalue weighted by Crippen LogP contribution is -2.34. The number of amides is 2. The number of nitrogens with zero attached hydrogens (tertiary/aromatic N) is 5. The van der Waals surface area contributed by atoms with Crippen LogP contribution in [0.4, 0.5) is 9.93 Å². The van der Waals surface area contributed by atoms with E-state index in [1.807, 2.05) is 0 Å². The third-order valence-corrected chi connectivity index (χ3v) is 6.93. The highest BCUT2D eigenvalue weighted by Crippen LogP contribution is 2.31. The molecule has 11 heteroatoms. The van der Waals surface area contributed by atoms with Crippen LogP contribution in [0, 0.1) is 0 Å². The average molecular weight is 347 g/mol. The van der Waals surface area contributed by atoms with Crippen LogP contribution in [-0.4, -0.2) is 71.4 Å². The molecule has 2 amide bonds. The van der Waals surface area contributed by atoms with Gasteiger partial charge in [-0.1, -0.05) is 11.3 Å². The van der Waals surface area contributed by atoms with Crippen LogP contribution >= 0.6 is 11.3 Å². The average Bonchev–Trinajstić information content (AvgIpc) is 3.18. The molecule has 0 radical (unpaired) electrons. The minimum atomic E-state index is -3.66. The maximum atomic E-state index is 12.4. The van der Waals surface area contributed by atoms with Crippen molar-refractivity contribution in [3.05, 3.63) is 0 Å². The van der Waals surface area contributed by atoms with E-state index in [1.165, 1.54) is 9.21 Å². The predicted octanol–water partition coefficient (Wildman–Crippen LogP) is -0.0971. The normalized spacial score (nSPS) is 23.7. The number of rotatable bonds is 4. The van der Waals surface area contributed by atoms with Crippen LogP contribution in [0.5, 0.6) is 0 Å². The first-order valence-electron chi connectivity index (χ1n) is 7.05. The largest absolute Gasteiger partial charge is 0.371 e. The topological polar surface area (TPSA) is 107 Å². The number of sulfonamides is 1. The summed E-state index contributed by atoms with van der Waals surface area (Å²) in [4.78, 5) is 14.7. The van der Waals surface area contributed by atoms with Crippen LogP contribution in [0.1, 0.15) is 19.8 Å². The van der Waals surface area contributed by atoms with E-state index in [-0.39, 0.29) is 16.0 Å². The van der Waals surface area contributed by atoms with Gasteiger partial charge in [0.2, 0.25) is 9.47 Å². The Hall–Kier alpha value is -1.30. The summed E-state index contributed by atoms with van der Waals surface area (Å²) < 4.78 is 26.0. The molecule has 0 aliphatic carbocycles. The fraction of sp³-hybridized carbons (Fsp3) is 0.727. The third-order valence-electron chi connectivity index (χ3n) is 3.77. The Morgan fingerprint density at radius 2 is 2.00 bits per heavy atom. The van der Waals surface area contributed by atoms with E-state index in [1.54, 1.807) is 6.92 Å². The van der Waals surface area contributed by atoms with Crippen molar-refractivity contribution in [2.75, 3.05) is 31.1 Å². The Labute approximate surface area is 132 Å². The van der Waals surface area contributed by atoms with Crippen LogP contribution in [-0.2, 0) is 10.0 Å². The minimum absolute atomic E-state index is 0.103.